The second-order valence-corrected chi connectivity index (χ2v) is 7.81. The van der Waals surface area contributed by atoms with Crippen LogP contribution in [0, 0.1) is 11.3 Å². The number of benzene rings is 1. The number of esters is 1. The minimum atomic E-state index is -0.918. The molecule has 0 spiro atoms. The van der Waals surface area contributed by atoms with Gasteiger partial charge in [0.1, 0.15) is 10.8 Å². The van der Waals surface area contributed by atoms with Crippen LogP contribution in [0.2, 0.25) is 0 Å². The highest BCUT2D eigenvalue weighted by atomic mass is 32.2. The molecule has 5 nitrogen and oxygen atoms in total. The summed E-state index contributed by atoms with van der Waals surface area (Å²) in [6, 6.07) is 11.8. The Balaban J connectivity index is 1.87. The molecule has 134 valence electrons. The predicted octanol–water partition coefficient (Wildman–Crippen LogP) is 3.44. The fraction of sp³-hybridized carbons (Fsp3) is 0.526. The average molecular weight is 360 g/mol. The van der Waals surface area contributed by atoms with Crippen molar-refractivity contribution < 1.29 is 14.3 Å². The van der Waals surface area contributed by atoms with E-state index in [-0.39, 0.29) is 0 Å². The van der Waals surface area contributed by atoms with Crippen molar-refractivity contribution in [1.29, 1.82) is 5.26 Å². The molecule has 0 heterocycles. The van der Waals surface area contributed by atoms with E-state index in [2.05, 4.69) is 11.4 Å². The summed E-state index contributed by atoms with van der Waals surface area (Å²) >= 11 is 1.39. The van der Waals surface area contributed by atoms with Gasteiger partial charge in [0.25, 0.3) is 5.91 Å². The van der Waals surface area contributed by atoms with E-state index in [1.165, 1.54) is 11.8 Å². The van der Waals surface area contributed by atoms with Crippen LogP contribution in [0.4, 0.5) is 0 Å². The van der Waals surface area contributed by atoms with Gasteiger partial charge in [-0.15, -0.1) is 11.8 Å². The largest absolute Gasteiger partial charge is 0.452 e. The second-order valence-electron chi connectivity index (χ2n) is 6.40. The quantitative estimate of drug-likeness (QED) is 0.621. The molecule has 1 aromatic carbocycles. The van der Waals surface area contributed by atoms with Gasteiger partial charge < -0.3 is 10.1 Å². The van der Waals surface area contributed by atoms with Gasteiger partial charge in [-0.3, -0.25) is 9.59 Å². The number of carbonyl (C=O) groups is 2. The molecule has 1 amide bonds. The Bertz CT molecular complexity index is 636. The lowest BCUT2D eigenvalue weighted by Gasteiger charge is -2.32. The van der Waals surface area contributed by atoms with Crippen LogP contribution in [0.15, 0.2) is 35.2 Å². The molecule has 1 aliphatic carbocycles. The van der Waals surface area contributed by atoms with Crippen molar-refractivity contribution in [1.82, 2.24) is 5.32 Å². The summed E-state index contributed by atoms with van der Waals surface area (Å²) in [6.45, 7) is 3.30. The lowest BCUT2D eigenvalue weighted by molar-refractivity contribution is -0.154. The molecule has 1 N–H and O–H groups in total. The second kappa shape index (κ2) is 8.91. The van der Waals surface area contributed by atoms with Gasteiger partial charge in [0.15, 0.2) is 6.10 Å². The first-order chi connectivity index (χ1) is 12.0. The first-order valence-electron chi connectivity index (χ1n) is 8.61. The zero-order valence-corrected chi connectivity index (χ0v) is 15.5. The van der Waals surface area contributed by atoms with Crippen LogP contribution < -0.4 is 5.32 Å². The number of nitrogens with one attached hydrogen (secondary N) is 1. The van der Waals surface area contributed by atoms with Gasteiger partial charge in [-0.25, -0.2) is 0 Å². The number of hydrogen-bond acceptors (Lipinski definition) is 5. The van der Waals surface area contributed by atoms with Crippen molar-refractivity contribution >= 4 is 23.6 Å². The Morgan fingerprint density at radius 1 is 1.20 bits per heavy atom. The molecule has 0 radical (unpaired) electrons. The van der Waals surface area contributed by atoms with E-state index in [1.807, 2.05) is 30.3 Å². The van der Waals surface area contributed by atoms with Crippen molar-refractivity contribution in [2.24, 2.45) is 0 Å². The fourth-order valence-corrected chi connectivity index (χ4v) is 3.71. The fourth-order valence-electron chi connectivity index (χ4n) is 2.83. The standard InChI is InChI=1S/C19H24N2O3S/c1-14(17(22)21-19(13-20)11-7-4-8-12-19)24-18(23)15(2)25-16-9-5-3-6-10-16/h3,5-6,9-10,14-15H,4,7-8,11-12H2,1-2H3,(H,21,22)/t14-,15-/m0/s1. The maximum atomic E-state index is 12.3. The molecule has 25 heavy (non-hydrogen) atoms. The molecular weight excluding hydrogens is 336 g/mol. The van der Waals surface area contributed by atoms with Crippen LogP contribution in [0.5, 0.6) is 0 Å². The van der Waals surface area contributed by atoms with E-state index in [0.717, 1.165) is 24.2 Å². The van der Waals surface area contributed by atoms with Crippen LogP contribution in [-0.4, -0.2) is 28.8 Å². The third-order valence-corrected chi connectivity index (χ3v) is 5.42. The molecule has 1 aliphatic rings. The van der Waals surface area contributed by atoms with Crippen LogP contribution in [0.3, 0.4) is 0 Å². The summed E-state index contributed by atoms with van der Waals surface area (Å²) in [5.74, 6) is -0.847. The Hall–Kier alpha value is -2.00. The summed E-state index contributed by atoms with van der Waals surface area (Å²) in [5, 5.41) is 11.8. The SMILES string of the molecule is C[C@H](OC(=O)[C@H](C)Sc1ccccc1)C(=O)NC1(C#N)CCCCC1. The third-order valence-electron chi connectivity index (χ3n) is 4.33. The maximum Gasteiger partial charge on any atom is 0.319 e. The summed E-state index contributed by atoms with van der Waals surface area (Å²) in [5.41, 5.74) is -0.819. The van der Waals surface area contributed by atoms with E-state index in [4.69, 9.17) is 4.74 Å². The first-order valence-corrected chi connectivity index (χ1v) is 9.49. The average Bonchev–Trinajstić information content (AvgIpc) is 2.63. The van der Waals surface area contributed by atoms with Crippen molar-refractivity contribution in [2.75, 3.05) is 0 Å². The highest BCUT2D eigenvalue weighted by molar-refractivity contribution is 8.00. The zero-order chi connectivity index (χ0) is 18.3. The molecule has 6 heteroatoms. The van der Waals surface area contributed by atoms with Crippen LogP contribution in [-0.2, 0) is 14.3 Å². The minimum Gasteiger partial charge on any atom is -0.452 e. The maximum absolute atomic E-state index is 12.3. The number of nitrogens with zero attached hydrogens (tertiary/aromatic N) is 1. The Labute approximate surface area is 153 Å². The summed E-state index contributed by atoms with van der Waals surface area (Å²) in [7, 11) is 0. The van der Waals surface area contributed by atoms with E-state index in [1.54, 1.807) is 13.8 Å². The van der Waals surface area contributed by atoms with Crippen molar-refractivity contribution in [3.05, 3.63) is 30.3 Å². The topological polar surface area (TPSA) is 79.2 Å². The number of amides is 1. The van der Waals surface area contributed by atoms with Gasteiger partial charge >= 0.3 is 5.97 Å². The molecule has 0 unspecified atom stereocenters. The molecule has 0 aliphatic heterocycles. The van der Waals surface area contributed by atoms with Gasteiger partial charge in [0, 0.05) is 4.90 Å². The third kappa shape index (κ3) is 5.50. The number of rotatable bonds is 6. The van der Waals surface area contributed by atoms with E-state index in [0.29, 0.717) is 12.8 Å². The van der Waals surface area contributed by atoms with E-state index < -0.39 is 28.8 Å². The lowest BCUT2D eigenvalue weighted by Crippen LogP contribution is -2.52. The Morgan fingerprint density at radius 2 is 1.84 bits per heavy atom. The molecular formula is C19H24N2O3S. The first kappa shape index (κ1) is 19.3. The van der Waals surface area contributed by atoms with Crippen molar-refractivity contribution in [2.45, 2.75) is 67.7 Å². The predicted molar refractivity (Wildman–Crippen MR) is 96.9 cm³/mol. The summed E-state index contributed by atoms with van der Waals surface area (Å²) < 4.78 is 5.30. The molecule has 1 fully saturated rings. The van der Waals surface area contributed by atoms with Crippen LogP contribution >= 0.6 is 11.8 Å². The van der Waals surface area contributed by atoms with Crippen molar-refractivity contribution in [3.8, 4) is 6.07 Å². The number of carbonyl (C=O) groups excluding carboxylic acids is 2. The van der Waals surface area contributed by atoms with E-state index >= 15 is 0 Å². The summed E-state index contributed by atoms with van der Waals surface area (Å²) in [4.78, 5) is 25.5. The van der Waals surface area contributed by atoms with Gasteiger partial charge in [-0.1, -0.05) is 37.5 Å². The number of ether oxygens (including phenoxy) is 1. The highest BCUT2D eigenvalue weighted by Crippen LogP contribution is 2.28. The zero-order valence-electron chi connectivity index (χ0n) is 14.7. The molecule has 0 aromatic heterocycles. The number of thioether (sulfide) groups is 1. The minimum absolute atomic E-state index is 0.409. The monoisotopic (exact) mass is 360 g/mol. The van der Waals surface area contributed by atoms with Gasteiger partial charge in [-0.05, 0) is 38.8 Å². The molecule has 1 aromatic rings. The van der Waals surface area contributed by atoms with Gasteiger partial charge in [0.05, 0.1) is 6.07 Å². The smallest absolute Gasteiger partial charge is 0.319 e. The summed E-state index contributed by atoms with van der Waals surface area (Å²) in [6.07, 6.45) is 3.31. The normalized spacial score (nSPS) is 18.4. The Kier molecular flexibility index (Phi) is 6.89. The molecule has 0 bridgehead atoms. The lowest BCUT2D eigenvalue weighted by atomic mass is 9.83. The van der Waals surface area contributed by atoms with Gasteiger partial charge in [-0.2, -0.15) is 5.26 Å². The molecule has 1 saturated carbocycles. The molecule has 2 atom stereocenters. The highest BCUT2D eigenvalue weighted by Gasteiger charge is 2.35. The molecule has 2 rings (SSSR count). The number of nitriles is 1. The van der Waals surface area contributed by atoms with Crippen LogP contribution in [0.25, 0.3) is 0 Å². The van der Waals surface area contributed by atoms with Gasteiger partial charge in [0.2, 0.25) is 0 Å². The Morgan fingerprint density at radius 3 is 2.44 bits per heavy atom. The van der Waals surface area contributed by atoms with E-state index in [9.17, 15) is 14.9 Å². The number of hydrogen-bond donors (Lipinski definition) is 1. The van der Waals surface area contributed by atoms with Crippen LogP contribution in [0.1, 0.15) is 46.0 Å². The molecule has 0 saturated heterocycles. The van der Waals surface area contributed by atoms with Crippen molar-refractivity contribution in [3.63, 3.8) is 0 Å².